The standard InChI is InChI=1S/C15H19ClFNO2/c1-10-12(17)8-7-11(13(10)16)6-5-9-18-14(19)20-15(2,3)4/h5-8H,9H2,1-4H3,(H,18,19). The van der Waals surface area contributed by atoms with Gasteiger partial charge in [0.2, 0.25) is 0 Å². The highest BCUT2D eigenvalue weighted by molar-refractivity contribution is 6.32. The van der Waals surface area contributed by atoms with Gasteiger partial charge < -0.3 is 10.1 Å². The molecule has 110 valence electrons. The zero-order valence-electron chi connectivity index (χ0n) is 12.1. The highest BCUT2D eigenvalue weighted by Crippen LogP contribution is 2.23. The molecule has 0 bridgehead atoms. The van der Waals surface area contributed by atoms with E-state index in [0.29, 0.717) is 22.7 Å². The Labute approximate surface area is 123 Å². The normalized spacial score (nSPS) is 11.7. The molecule has 1 N–H and O–H groups in total. The van der Waals surface area contributed by atoms with Gasteiger partial charge in [0.25, 0.3) is 0 Å². The number of carbonyl (C=O) groups excluding carboxylic acids is 1. The average molecular weight is 300 g/mol. The Morgan fingerprint density at radius 2 is 2.10 bits per heavy atom. The van der Waals surface area contributed by atoms with Crippen molar-refractivity contribution in [1.29, 1.82) is 0 Å². The third-order valence-electron chi connectivity index (χ3n) is 2.41. The summed E-state index contributed by atoms with van der Waals surface area (Å²) in [4.78, 5) is 11.4. The van der Waals surface area contributed by atoms with E-state index in [1.54, 1.807) is 45.9 Å². The van der Waals surface area contributed by atoms with Gasteiger partial charge >= 0.3 is 6.09 Å². The molecule has 0 atom stereocenters. The Kier molecular flexibility index (Phi) is 5.57. The minimum Gasteiger partial charge on any atom is -0.444 e. The number of rotatable bonds is 3. The predicted octanol–water partition coefficient (Wildman–Crippen LogP) is 4.33. The van der Waals surface area contributed by atoms with E-state index in [9.17, 15) is 9.18 Å². The van der Waals surface area contributed by atoms with Gasteiger partial charge in [0.05, 0.1) is 5.02 Å². The number of benzene rings is 1. The van der Waals surface area contributed by atoms with Crippen LogP contribution in [0.3, 0.4) is 0 Å². The predicted molar refractivity (Wildman–Crippen MR) is 79.4 cm³/mol. The Morgan fingerprint density at radius 3 is 2.70 bits per heavy atom. The summed E-state index contributed by atoms with van der Waals surface area (Å²) >= 11 is 6.02. The summed E-state index contributed by atoms with van der Waals surface area (Å²) in [7, 11) is 0. The molecule has 1 aromatic carbocycles. The first-order chi connectivity index (χ1) is 9.20. The maximum absolute atomic E-state index is 13.2. The second-order valence-electron chi connectivity index (χ2n) is 5.36. The van der Waals surface area contributed by atoms with Crippen LogP contribution in [0, 0.1) is 12.7 Å². The maximum atomic E-state index is 13.2. The number of nitrogens with one attached hydrogen (secondary N) is 1. The molecule has 3 nitrogen and oxygen atoms in total. The maximum Gasteiger partial charge on any atom is 0.407 e. The zero-order valence-corrected chi connectivity index (χ0v) is 12.8. The van der Waals surface area contributed by atoms with Gasteiger partial charge in [0.15, 0.2) is 0 Å². The minimum atomic E-state index is -0.523. The van der Waals surface area contributed by atoms with Gasteiger partial charge in [-0.15, -0.1) is 0 Å². The molecule has 0 saturated heterocycles. The second-order valence-corrected chi connectivity index (χ2v) is 5.74. The number of carbonyl (C=O) groups is 1. The lowest BCUT2D eigenvalue weighted by Crippen LogP contribution is -2.32. The van der Waals surface area contributed by atoms with Crippen LogP contribution in [0.15, 0.2) is 18.2 Å². The molecule has 0 radical (unpaired) electrons. The Bertz CT molecular complexity index is 521. The average Bonchev–Trinajstić information content (AvgIpc) is 2.32. The van der Waals surface area contributed by atoms with Gasteiger partial charge in [-0.2, -0.15) is 0 Å². The molecule has 1 rings (SSSR count). The van der Waals surface area contributed by atoms with Crippen LogP contribution < -0.4 is 5.32 Å². The van der Waals surface area contributed by atoms with Gasteiger partial charge in [-0.05, 0) is 39.3 Å². The summed E-state index contributed by atoms with van der Waals surface area (Å²) in [6, 6.07) is 2.96. The van der Waals surface area contributed by atoms with Crippen molar-refractivity contribution in [3.05, 3.63) is 40.2 Å². The molecule has 0 unspecified atom stereocenters. The number of ether oxygens (including phenoxy) is 1. The first kappa shape index (κ1) is 16.5. The van der Waals surface area contributed by atoms with Crippen LogP contribution >= 0.6 is 11.6 Å². The van der Waals surface area contributed by atoms with E-state index in [-0.39, 0.29) is 5.82 Å². The second kappa shape index (κ2) is 6.75. The van der Waals surface area contributed by atoms with E-state index in [4.69, 9.17) is 16.3 Å². The van der Waals surface area contributed by atoms with Crippen LogP contribution in [0.1, 0.15) is 31.9 Å². The van der Waals surface area contributed by atoms with Crippen LogP contribution in [-0.4, -0.2) is 18.2 Å². The van der Waals surface area contributed by atoms with Crippen molar-refractivity contribution in [2.75, 3.05) is 6.54 Å². The van der Waals surface area contributed by atoms with Crippen molar-refractivity contribution >= 4 is 23.8 Å². The topological polar surface area (TPSA) is 38.3 Å². The Balaban J connectivity index is 2.54. The van der Waals surface area contributed by atoms with Crippen molar-refractivity contribution in [2.45, 2.75) is 33.3 Å². The van der Waals surface area contributed by atoms with E-state index in [1.807, 2.05) is 0 Å². The van der Waals surface area contributed by atoms with E-state index >= 15 is 0 Å². The number of amides is 1. The van der Waals surface area contributed by atoms with Crippen molar-refractivity contribution in [3.8, 4) is 0 Å². The SMILES string of the molecule is Cc1c(F)ccc(C=CCNC(=O)OC(C)(C)C)c1Cl. The van der Waals surface area contributed by atoms with Gasteiger partial charge in [0, 0.05) is 12.1 Å². The lowest BCUT2D eigenvalue weighted by molar-refractivity contribution is 0.0534. The van der Waals surface area contributed by atoms with E-state index in [1.165, 1.54) is 6.07 Å². The minimum absolute atomic E-state index is 0.307. The quantitative estimate of drug-likeness (QED) is 0.902. The number of hydrogen-bond donors (Lipinski definition) is 1. The van der Waals surface area contributed by atoms with E-state index in [0.717, 1.165) is 0 Å². The fraction of sp³-hybridized carbons (Fsp3) is 0.400. The molecule has 1 aromatic rings. The van der Waals surface area contributed by atoms with Crippen LogP contribution in [0.5, 0.6) is 0 Å². The Hall–Kier alpha value is -1.55. The van der Waals surface area contributed by atoms with Gasteiger partial charge in [-0.3, -0.25) is 0 Å². The summed E-state index contributed by atoms with van der Waals surface area (Å²) in [5.74, 6) is -0.334. The van der Waals surface area contributed by atoms with Gasteiger partial charge in [0.1, 0.15) is 11.4 Å². The molecule has 0 aromatic heterocycles. The summed E-state index contributed by atoms with van der Waals surface area (Å²) in [6.07, 6.45) is 2.97. The molecular weight excluding hydrogens is 281 g/mol. The monoisotopic (exact) mass is 299 g/mol. The largest absolute Gasteiger partial charge is 0.444 e. The summed E-state index contributed by atoms with van der Waals surface area (Å²) in [5.41, 5.74) is 0.594. The smallest absolute Gasteiger partial charge is 0.407 e. The lowest BCUT2D eigenvalue weighted by atomic mass is 10.1. The summed E-state index contributed by atoms with van der Waals surface area (Å²) < 4.78 is 18.3. The van der Waals surface area contributed by atoms with Crippen molar-refractivity contribution < 1.29 is 13.9 Å². The molecule has 0 fully saturated rings. The van der Waals surface area contributed by atoms with Crippen LogP contribution in [0.4, 0.5) is 9.18 Å². The van der Waals surface area contributed by atoms with Crippen molar-refractivity contribution in [1.82, 2.24) is 5.32 Å². The lowest BCUT2D eigenvalue weighted by Gasteiger charge is -2.19. The molecule has 0 aliphatic rings. The first-order valence-corrected chi connectivity index (χ1v) is 6.66. The molecule has 20 heavy (non-hydrogen) atoms. The molecule has 5 heteroatoms. The van der Waals surface area contributed by atoms with Crippen LogP contribution in [-0.2, 0) is 4.74 Å². The first-order valence-electron chi connectivity index (χ1n) is 6.28. The van der Waals surface area contributed by atoms with Crippen molar-refractivity contribution in [3.63, 3.8) is 0 Å². The third-order valence-corrected chi connectivity index (χ3v) is 2.91. The van der Waals surface area contributed by atoms with Crippen LogP contribution in [0.2, 0.25) is 5.02 Å². The van der Waals surface area contributed by atoms with Gasteiger partial charge in [-0.25, -0.2) is 9.18 Å². The molecule has 0 aliphatic heterocycles. The molecule has 0 heterocycles. The molecule has 1 amide bonds. The van der Waals surface area contributed by atoms with Gasteiger partial charge in [-0.1, -0.05) is 29.8 Å². The number of hydrogen-bond acceptors (Lipinski definition) is 2. The summed E-state index contributed by atoms with van der Waals surface area (Å²) in [6.45, 7) is 7.31. The third kappa shape index (κ3) is 5.21. The molecule has 0 spiro atoms. The summed E-state index contributed by atoms with van der Waals surface area (Å²) in [5, 5.41) is 2.96. The molecule has 0 aliphatic carbocycles. The fourth-order valence-corrected chi connectivity index (χ4v) is 1.67. The highest BCUT2D eigenvalue weighted by atomic mass is 35.5. The van der Waals surface area contributed by atoms with Crippen molar-refractivity contribution in [2.24, 2.45) is 0 Å². The van der Waals surface area contributed by atoms with E-state index < -0.39 is 11.7 Å². The van der Waals surface area contributed by atoms with E-state index in [2.05, 4.69) is 5.32 Å². The molecule has 0 saturated carbocycles. The number of halogens is 2. The van der Waals surface area contributed by atoms with Crippen LogP contribution in [0.25, 0.3) is 6.08 Å². The molecular formula is C15H19ClFNO2. The zero-order chi connectivity index (χ0) is 15.3. The fourth-order valence-electron chi connectivity index (χ4n) is 1.45. The highest BCUT2D eigenvalue weighted by Gasteiger charge is 2.15. The number of alkyl carbamates (subject to hydrolysis) is 1. The Morgan fingerprint density at radius 1 is 1.45 bits per heavy atom.